The third-order valence-corrected chi connectivity index (χ3v) is 4.27. The Balaban J connectivity index is 1.69. The van der Waals surface area contributed by atoms with Gasteiger partial charge in [-0.05, 0) is 48.7 Å². The van der Waals surface area contributed by atoms with Gasteiger partial charge in [-0.1, -0.05) is 25.1 Å². The van der Waals surface area contributed by atoms with Gasteiger partial charge in [0.15, 0.2) is 0 Å². The van der Waals surface area contributed by atoms with E-state index in [9.17, 15) is 14.0 Å². The Morgan fingerprint density at radius 3 is 2.67 bits per heavy atom. The molecule has 0 saturated carbocycles. The van der Waals surface area contributed by atoms with E-state index in [0.29, 0.717) is 18.7 Å². The first-order valence-corrected chi connectivity index (χ1v) is 8.05. The molecule has 2 amide bonds. The molecule has 1 N–H and O–H groups in total. The summed E-state index contributed by atoms with van der Waals surface area (Å²) in [4.78, 5) is 26.5. The van der Waals surface area contributed by atoms with Crippen molar-refractivity contribution in [1.82, 2.24) is 0 Å². The van der Waals surface area contributed by atoms with Gasteiger partial charge < -0.3 is 10.2 Å². The second kappa shape index (κ2) is 6.83. The summed E-state index contributed by atoms with van der Waals surface area (Å²) in [5.74, 6) is -1.77. The lowest BCUT2D eigenvalue weighted by Gasteiger charge is -2.17. The number of carbonyl (C=O) groups excluding carboxylic acids is 2. The molecule has 1 aliphatic rings. The van der Waals surface area contributed by atoms with Crippen LogP contribution in [0.5, 0.6) is 0 Å². The van der Waals surface area contributed by atoms with Crippen LogP contribution >= 0.6 is 0 Å². The van der Waals surface area contributed by atoms with Crippen LogP contribution in [-0.2, 0) is 16.0 Å². The molecule has 0 radical (unpaired) electrons. The van der Waals surface area contributed by atoms with Crippen molar-refractivity contribution in [3.05, 3.63) is 59.9 Å². The molecule has 1 fully saturated rings. The van der Waals surface area contributed by atoms with Crippen molar-refractivity contribution in [3.63, 3.8) is 0 Å². The third kappa shape index (κ3) is 3.30. The molecule has 2 aromatic carbocycles. The normalized spacial score (nSPS) is 17.2. The average Bonchev–Trinajstić information content (AvgIpc) is 2.96. The number of anilines is 2. The maximum Gasteiger partial charge on any atom is 0.239 e. The summed E-state index contributed by atoms with van der Waals surface area (Å²) in [5.41, 5.74) is 2.36. The fourth-order valence-corrected chi connectivity index (χ4v) is 2.89. The second-order valence-electron chi connectivity index (χ2n) is 5.85. The largest absolute Gasteiger partial charge is 0.325 e. The molecule has 0 aromatic heterocycles. The summed E-state index contributed by atoms with van der Waals surface area (Å²) in [6.45, 7) is 2.58. The van der Waals surface area contributed by atoms with Gasteiger partial charge in [0.25, 0.3) is 0 Å². The van der Waals surface area contributed by atoms with Crippen LogP contribution in [0.4, 0.5) is 15.8 Å². The first-order valence-electron chi connectivity index (χ1n) is 8.05. The number of rotatable bonds is 4. The van der Waals surface area contributed by atoms with Crippen molar-refractivity contribution in [2.75, 3.05) is 16.8 Å². The predicted molar refractivity (Wildman–Crippen MR) is 91.3 cm³/mol. The van der Waals surface area contributed by atoms with Crippen molar-refractivity contribution >= 4 is 23.2 Å². The summed E-state index contributed by atoms with van der Waals surface area (Å²) < 4.78 is 13.2. The van der Waals surface area contributed by atoms with Crippen molar-refractivity contribution in [2.24, 2.45) is 5.92 Å². The molecule has 24 heavy (non-hydrogen) atoms. The van der Waals surface area contributed by atoms with E-state index in [4.69, 9.17) is 0 Å². The Labute approximate surface area is 140 Å². The molecule has 2 aromatic rings. The Kier molecular flexibility index (Phi) is 4.60. The fourth-order valence-electron chi connectivity index (χ4n) is 2.89. The average molecular weight is 326 g/mol. The zero-order valence-corrected chi connectivity index (χ0v) is 13.5. The summed E-state index contributed by atoms with van der Waals surface area (Å²) in [5, 5.41) is 2.62. The molecule has 124 valence electrons. The van der Waals surface area contributed by atoms with Crippen LogP contribution in [0.3, 0.4) is 0 Å². The maximum absolute atomic E-state index is 13.2. The molecular formula is C19H19FN2O2. The molecule has 1 saturated heterocycles. The van der Waals surface area contributed by atoms with Gasteiger partial charge in [-0.15, -0.1) is 0 Å². The number of nitrogens with zero attached hydrogens (tertiary/aromatic N) is 1. The minimum atomic E-state index is -0.737. The minimum Gasteiger partial charge on any atom is -0.325 e. The Hall–Kier alpha value is -2.69. The number of amides is 2. The number of halogens is 1. The minimum absolute atomic E-state index is 0.215. The van der Waals surface area contributed by atoms with Crippen LogP contribution in [-0.4, -0.2) is 18.4 Å². The van der Waals surface area contributed by atoms with Crippen LogP contribution in [0.15, 0.2) is 48.5 Å². The number of nitrogens with one attached hydrogen (secondary N) is 1. The van der Waals surface area contributed by atoms with Gasteiger partial charge in [0.2, 0.25) is 11.8 Å². The molecule has 5 heteroatoms. The number of aryl methyl sites for hydroxylation is 1. The standard InChI is InChI=1S/C19H19FN2O2/c1-2-13-6-8-16(9-7-13)22-11-10-17(19(22)24)18(23)21-15-5-3-4-14(20)12-15/h3-9,12,17H,2,10-11H2,1H3,(H,21,23)/t17-/m0/s1. The third-order valence-electron chi connectivity index (χ3n) is 4.27. The first-order chi connectivity index (χ1) is 11.6. The number of hydrogen-bond acceptors (Lipinski definition) is 2. The number of carbonyl (C=O) groups is 2. The monoisotopic (exact) mass is 326 g/mol. The summed E-state index contributed by atoms with van der Waals surface area (Å²) in [6, 6.07) is 13.4. The van der Waals surface area contributed by atoms with Crippen molar-refractivity contribution < 1.29 is 14.0 Å². The highest BCUT2D eigenvalue weighted by Crippen LogP contribution is 2.26. The van der Waals surface area contributed by atoms with E-state index in [1.165, 1.54) is 23.8 Å². The smallest absolute Gasteiger partial charge is 0.239 e. The van der Waals surface area contributed by atoms with Crippen molar-refractivity contribution in [3.8, 4) is 0 Å². The van der Waals surface area contributed by atoms with E-state index in [-0.39, 0.29) is 5.91 Å². The number of benzene rings is 2. The molecule has 0 bridgehead atoms. The highest BCUT2D eigenvalue weighted by Gasteiger charge is 2.37. The zero-order chi connectivity index (χ0) is 17.1. The molecule has 0 spiro atoms. The molecule has 4 nitrogen and oxygen atoms in total. The number of hydrogen-bond donors (Lipinski definition) is 1. The summed E-state index contributed by atoms with van der Waals surface area (Å²) >= 11 is 0. The van der Waals surface area contributed by atoms with E-state index in [1.54, 1.807) is 11.0 Å². The molecule has 0 unspecified atom stereocenters. The van der Waals surface area contributed by atoms with Crippen LogP contribution in [0.2, 0.25) is 0 Å². The quantitative estimate of drug-likeness (QED) is 0.876. The van der Waals surface area contributed by atoms with E-state index in [0.717, 1.165) is 12.1 Å². The lowest BCUT2D eigenvalue weighted by Crippen LogP contribution is -2.33. The van der Waals surface area contributed by atoms with E-state index in [2.05, 4.69) is 12.2 Å². The van der Waals surface area contributed by atoms with Crippen molar-refractivity contribution in [1.29, 1.82) is 0 Å². The Bertz CT molecular complexity index is 758. The lowest BCUT2D eigenvalue weighted by atomic mass is 10.1. The van der Waals surface area contributed by atoms with Crippen LogP contribution in [0.25, 0.3) is 0 Å². The van der Waals surface area contributed by atoms with Crippen LogP contribution in [0.1, 0.15) is 18.9 Å². The molecular weight excluding hydrogens is 307 g/mol. The maximum atomic E-state index is 13.2. The predicted octanol–water partition coefficient (Wildman–Crippen LogP) is 3.38. The fraction of sp³-hybridized carbons (Fsp3) is 0.263. The summed E-state index contributed by atoms with van der Waals surface area (Å²) in [6.07, 6.45) is 1.39. The van der Waals surface area contributed by atoms with Crippen LogP contribution < -0.4 is 10.2 Å². The molecule has 0 aliphatic carbocycles. The second-order valence-corrected chi connectivity index (χ2v) is 5.85. The van der Waals surface area contributed by atoms with E-state index >= 15 is 0 Å². The highest BCUT2D eigenvalue weighted by molar-refractivity contribution is 6.13. The van der Waals surface area contributed by atoms with Crippen LogP contribution in [0, 0.1) is 11.7 Å². The lowest BCUT2D eigenvalue weighted by molar-refractivity contribution is -0.129. The van der Waals surface area contributed by atoms with Gasteiger partial charge in [0, 0.05) is 17.9 Å². The van der Waals surface area contributed by atoms with Gasteiger partial charge in [-0.2, -0.15) is 0 Å². The SMILES string of the molecule is CCc1ccc(N2CC[C@@H](C(=O)Nc3cccc(F)c3)C2=O)cc1. The Morgan fingerprint density at radius 1 is 1.25 bits per heavy atom. The van der Waals surface area contributed by atoms with Gasteiger partial charge in [-0.3, -0.25) is 9.59 Å². The summed E-state index contributed by atoms with van der Waals surface area (Å²) in [7, 11) is 0. The topological polar surface area (TPSA) is 49.4 Å². The van der Waals surface area contributed by atoms with E-state index < -0.39 is 17.6 Å². The van der Waals surface area contributed by atoms with E-state index in [1.807, 2.05) is 24.3 Å². The Morgan fingerprint density at radius 2 is 2.00 bits per heavy atom. The van der Waals surface area contributed by atoms with Gasteiger partial charge in [0.1, 0.15) is 11.7 Å². The van der Waals surface area contributed by atoms with Gasteiger partial charge in [-0.25, -0.2) is 4.39 Å². The molecule has 1 heterocycles. The van der Waals surface area contributed by atoms with Gasteiger partial charge >= 0.3 is 0 Å². The molecule has 1 atom stereocenters. The molecule has 3 rings (SSSR count). The highest BCUT2D eigenvalue weighted by atomic mass is 19.1. The van der Waals surface area contributed by atoms with Crippen molar-refractivity contribution in [2.45, 2.75) is 19.8 Å². The zero-order valence-electron chi connectivity index (χ0n) is 13.5. The molecule has 1 aliphatic heterocycles. The first kappa shape index (κ1) is 16.2. The van der Waals surface area contributed by atoms with Gasteiger partial charge in [0.05, 0.1) is 0 Å².